The van der Waals surface area contributed by atoms with E-state index in [0.717, 1.165) is 38.6 Å². The molecule has 3 N–H and O–H groups in total. The van der Waals surface area contributed by atoms with E-state index in [1.54, 1.807) is 0 Å². The fourth-order valence-corrected chi connectivity index (χ4v) is 2.07. The highest BCUT2D eigenvalue weighted by molar-refractivity contribution is 4.67. The molecule has 0 spiro atoms. The van der Waals surface area contributed by atoms with Crippen molar-refractivity contribution in [3.63, 3.8) is 0 Å². The topological polar surface area (TPSA) is 47.3 Å². The summed E-state index contributed by atoms with van der Waals surface area (Å²) >= 11 is 0. The van der Waals surface area contributed by atoms with Crippen molar-refractivity contribution in [2.24, 2.45) is 11.7 Å². The lowest BCUT2D eigenvalue weighted by Gasteiger charge is -2.12. The third kappa shape index (κ3) is 6.13. The van der Waals surface area contributed by atoms with Gasteiger partial charge in [0, 0.05) is 13.2 Å². The fraction of sp³-hybridized carbons (Fsp3) is 1.00. The van der Waals surface area contributed by atoms with Gasteiger partial charge in [-0.05, 0) is 51.1 Å². The first kappa shape index (κ1) is 12.9. The summed E-state index contributed by atoms with van der Waals surface area (Å²) in [7, 11) is 0. The van der Waals surface area contributed by atoms with Crippen molar-refractivity contribution in [1.82, 2.24) is 5.32 Å². The second-order valence-electron chi connectivity index (χ2n) is 4.66. The van der Waals surface area contributed by atoms with Crippen molar-refractivity contribution in [3.05, 3.63) is 0 Å². The lowest BCUT2D eigenvalue weighted by Crippen LogP contribution is -2.27. The van der Waals surface area contributed by atoms with Gasteiger partial charge >= 0.3 is 0 Å². The van der Waals surface area contributed by atoms with Gasteiger partial charge in [-0.1, -0.05) is 6.92 Å². The maximum atomic E-state index is 5.54. The predicted molar refractivity (Wildman–Crippen MR) is 63.9 cm³/mol. The van der Waals surface area contributed by atoms with Crippen molar-refractivity contribution in [2.45, 2.75) is 45.1 Å². The number of rotatable bonds is 8. The van der Waals surface area contributed by atoms with Crippen LogP contribution < -0.4 is 11.1 Å². The van der Waals surface area contributed by atoms with Gasteiger partial charge in [0.25, 0.3) is 0 Å². The summed E-state index contributed by atoms with van der Waals surface area (Å²) in [5.74, 6) is 0.777. The molecule has 0 saturated carbocycles. The van der Waals surface area contributed by atoms with Gasteiger partial charge in [0.15, 0.2) is 0 Å². The molecule has 2 unspecified atom stereocenters. The molecule has 2 atom stereocenters. The molecule has 3 heteroatoms. The van der Waals surface area contributed by atoms with Crippen LogP contribution in [0, 0.1) is 5.92 Å². The molecule has 0 aromatic heterocycles. The lowest BCUT2D eigenvalue weighted by molar-refractivity contribution is 0.110. The van der Waals surface area contributed by atoms with Gasteiger partial charge in [-0.3, -0.25) is 0 Å². The van der Waals surface area contributed by atoms with Gasteiger partial charge in [0.2, 0.25) is 0 Å². The Kier molecular flexibility index (Phi) is 6.98. The molecule has 0 aromatic carbocycles. The zero-order valence-corrected chi connectivity index (χ0v) is 10.0. The molecule has 0 radical (unpaired) electrons. The third-order valence-electron chi connectivity index (χ3n) is 3.11. The number of hydrogen-bond donors (Lipinski definition) is 2. The van der Waals surface area contributed by atoms with E-state index in [1.165, 1.54) is 25.7 Å². The summed E-state index contributed by atoms with van der Waals surface area (Å²) in [5.41, 5.74) is 5.51. The molecule has 1 heterocycles. The van der Waals surface area contributed by atoms with E-state index in [4.69, 9.17) is 10.5 Å². The first-order chi connectivity index (χ1) is 7.33. The highest BCUT2D eigenvalue weighted by Crippen LogP contribution is 2.11. The van der Waals surface area contributed by atoms with Gasteiger partial charge in [-0.15, -0.1) is 0 Å². The molecule has 1 saturated heterocycles. The quantitative estimate of drug-likeness (QED) is 0.602. The maximum Gasteiger partial charge on any atom is 0.0700 e. The summed E-state index contributed by atoms with van der Waals surface area (Å²) < 4.78 is 5.54. The van der Waals surface area contributed by atoms with Crippen molar-refractivity contribution in [1.29, 1.82) is 0 Å². The minimum atomic E-state index is 0.478. The number of ether oxygens (including phenoxy) is 1. The van der Waals surface area contributed by atoms with Gasteiger partial charge in [-0.2, -0.15) is 0 Å². The standard InChI is InChI=1S/C12H26N2O/c1-11(6-7-13)4-2-8-14-10-12-5-3-9-15-12/h11-12,14H,2-10,13H2,1H3. The molecule has 90 valence electrons. The van der Waals surface area contributed by atoms with Crippen LogP contribution in [0.15, 0.2) is 0 Å². The minimum Gasteiger partial charge on any atom is -0.377 e. The number of nitrogens with one attached hydrogen (secondary N) is 1. The van der Waals surface area contributed by atoms with E-state index in [9.17, 15) is 0 Å². The molecule has 0 aliphatic carbocycles. The first-order valence-electron chi connectivity index (χ1n) is 6.35. The Hall–Kier alpha value is -0.120. The minimum absolute atomic E-state index is 0.478. The van der Waals surface area contributed by atoms with E-state index in [-0.39, 0.29) is 0 Å². The Morgan fingerprint density at radius 3 is 3.00 bits per heavy atom. The van der Waals surface area contributed by atoms with Crippen LogP contribution in [0.25, 0.3) is 0 Å². The highest BCUT2D eigenvalue weighted by Gasteiger charge is 2.14. The van der Waals surface area contributed by atoms with Gasteiger partial charge in [0.05, 0.1) is 6.10 Å². The molecule has 1 aliphatic heterocycles. The van der Waals surface area contributed by atoms with Gasteiger partial charge < -0.3 is 15.8 Å². The number of hydrogen-bond acceptors (Lipinski definition) is 3. The summed E-state index contributed by atoms with van der Waals surface area (Å²) in [6, 6.07) is 0. The molecular weight excluding hydrogens is 188 g/mol. The first-order valence-corrected chi connectivity index (χ1v) is 6.35. The fourth-order valence-electron chi connectivity index (χ4n) is 2.07. The van der Waals surface area contributed by atoms with Crippen LogP contribution in [0.4, 0.5) is 0 Å². The Bertz CT molecular complexity index is 147. The molecule has 0 amide bonds. The van der Waals surface area contributed by atoms with Crippen molar-refractivity contribution >= 4 is 0 Å². The monoisotopic (exact) mass is 214 g/mol. The molecule has 3 nitrogen and oxygen atoms in total. The molecule has 0 bridgehead atoms. The van der Waals surface area contributed by atoms with Crippen molar-refractivity contribution < 1.29 is 4.74 Å². The summed E-state index contributed by atoms with van der Waals surface area (Å²) in [6.45, 7) is 6.22. The maximum absolute atomic E-state index is 5.54. The van der Waals surface area contributed by atoms with E-state index in [0.29, 0.717) is 6.10 Å². The Labute approximate surface area is 93.8 Å². The third-order valence-corrected chi connectivity index (χ3v) is 3.11. The Morgan fingerprint density at radius 2 is 2.33 bits per heavy atom. The molecule has 0 aromatic rings. The van der Waals surface area contributed by atoms with Crippen LogP contribution in [-0.2, 0) is 4.74 Å². The van der Waals surface area contributed by atoms with Crippen molar-refractivity contribution in [2.75, 3.05) is 26.2 Å². The van der Waals surface area contributed by atoms with Crippen LogP contribution in [-0.4, -0.2) is 32.3 Å². The van der Waals surface area contributed by atoms with E-state index in [2.05, 4.69) is 12.2 Å². The van der Waals surface area contributed by atoms with Crippen LogP contribution in [0.2, 0.25) is 0 Å². The molecule has 15 heavy (non-hydrogen) atoms. The number of nitrogens with two attached hydrogens (primary N) is 1. The smallest absolute Gasteiger partial charge is 0.0700 e. The zero-order valence-electron chi connectivity index (χ0n) is 10.0. The highest BCUT2D eigenvalue weighted by atomic mass is 16.5. The Balaban J connectivity index is 1.84. The molecule has 1 fully saturated rings. The molecular formula is C12H26N2O. The van der Waals surface area contributed by atoms with E-state index >= 15 is 0 Å². The second kappa shape index (κ2) is 8.08. The van der Waals surface area contributed by atoms with E-state index in [1.807, 2.05) is 0 Å². The van der Waals surface area contributed by atoms with E-state index < -0.39 is 0 Å². The summed E-state index contributed by atoms with van der Waals surface area (Å²) in [6.07, 6.45) is 6.65. The van der Waals surface area contributed by atoms with Crippen LogP contribution in [0.1, 0.15) is 39.0 Å². The zero-order chi connectivity index (χ0) is 10.9. The van der Waals surface area contributed by atoms with Gasteiger partial charge in [0.1, 0.15) is 0 Å². The van der Waals surface area contributed by atoms with Crippen LogP contribution in [0.3, 0.4) is 0 Å². The lowest BCUT2D eigenvalue weighted by atomic mass is 10.0. The van der Waals surface area contributed by atoms with Gasteiger partial charge in [-0.25, -0.2) is 0 Å². The van der Waals surface area contributed by atoms with Crippen molar-refractivity contribution in [3.8, 4) is 0 Å². The average Bonchev–Trinajstić information content (AvgIpc) is 2.70. The Morgan fingerprint density at radius 1 is 1.47 bits per heavy atom. The largest absolute Gasteiger partial charge is 0.377 e. The SMILES string of the molecule is CC(CCN)CCCNCC1CCCO1. The normalized spacial score (nSPS) is 23.2. The molecule has 1 aliphatic rings. The summed E-state index contributed by atoms with van der Waals surface area (Å²) in [5, 5.41) is 3.47. The summed E-state index contributed by atoms with van der Waals surface area (Å²) in [4.78, 5) is 0. The average molecular weight is 214 g/mol. The van der Waals surface area contributed by atoms with Crippen LogP contribution >= 0.6 is 0 Å². The second-order valence-corrected chi connectivity index (χ2v) is 4.66. The van der Waals surface area contributed by atoms with Crippen LogP contribution in [0.5, 0.6) is 0 Å². The molecule has 1 rings (SSSR count). The predicted octanol–water partition coefficient (Wildman–Crippen LogP) is 1.52.